The first-order valence-corrected chi connectivity index (χ1v) is 11.0. The van der Waals surface area contributed by atoms with Gasteiger partial charge < -0.3 is 20.3 Å². The Balaban J connectivity index is 1.40. The number of carbonyl (C=O) groups is 2. The van der Waals surface area contributed by atoms with Crippen LogP contribution >= 0.6 is 11.6 Å². The predicted molar refractivity (Wildman–Crippen MR) is 123 cm³/mol. The zero-order valence-corrected chi connectivity index (χ0v) is 18.9. The molecule has 1 saturated carbocycles. The summed E-state index contributed by atoms with van der Waals surface area (Å²) in [6.45, 7) is 4.69. The molecule has 31 heavy (non-hydrogen) atoms. The SMILES string of the molecule is COc1ccc(NC(=O)C2(C)CCC(N3Cc4c(C)cccc4NC3=O)CC2)cc1Cl. The Kier molecular flexibility index (Phi) is 5.84. The number of aryl methyl sites for hydroxylation is 1. The zero-order valence-electron chi connectivity index (χ0n) is 18.1. The predicted octanol–water partition coefficient (Wildman–Crippen LogP) is 5.59. The maximum atomic E-state index is 13.0. The maximum absolute atomic E-state index is 13.0. The molecule has 0 unspecified atom stereocenters. The number of nitrogens with one attached hydrogen (secondary N) is 2. The number of ether oxygens (including phenoxy) is 1. The first-order chi connectivity index (χ1) is 14.8. The summed E-state index contributed by atoms with van der Waals surface area (Å²) in [7, 11) is 1.56. The first-order valence-electron chi connectivity index (χ1n) is 10.6. The highest BCUT2D eigenvalue weighted by molar-refractivity contribution is 6.32. The Hall–Kier alpha value is -2.73. The third-order valence-corrected chi connectivity index (χ3v) is 6.99. The van der Waals surface area contributed by atoms with Crippen molar-refractivity contribution in [3.05, 3.63) is 52.5 Å². The smallest absolute Gasteiger partial charge is 0.322 e. The molecule has 6 nitrogen and oxygen atoms in total. The van der Waals surface area contributed by atoms with E-state index < -0.39 is 5.41 Å². The molecule has 2 aromatic rings. The van der Waals surface area contributed by atoms with Gasteiger partial charge in [0.2, 0.25) is 5.91 Å². The lowest BCUT2D eigenvalue weighted by molar-refractivity contribution is -0.126. The number of urea groups is 1. The highest BCUT2D eigenvalue weighted by Crippen LogP contribution is 2.40. The van der Waals surface area contributed by atoms with E-state index in [-0.39, 0.29) is 18.0 Å². The van der Waals surface area contributed by atoms with E-state index in [1.165, 1.54) is 11.1 Å². The van der Waals surface area contributed by atoms with Crippen molar-refractivity contribution in [1.82, 2.24) is 4.90 Å². The van der Waals surface area contributed by atoms with Crippen molar-refractivity contribution in [2.24, 2.45) is 5.41 Å². The van der Waals surface area contributed by atoms with Crippen LogP contribution in [0.15, 0.2) is 36.4 Å². The summed E-state index contributed by atoms with van der Waals surface area (Å²) < 4.78 is 5.17. The molecule has 3 amide bonds. The number of nitrogens with zero attached hydrogens (tertiary/aromatic N) is 1. The van der Waals surface area contributed by atoms with Crippen molar-refractivity contribution in [2.75, 3.05) is 17.7 Å². The topological polar surface area (TPSA) is 70.7 Å². The average molecular weight is 442 g/mol. The number of carbonyl (C=O) groups excluding carboxylic acids is 2. The molecular formula is C24H28ClN3O3. The van der Waals surface area contributed by atoms with Crippen LogP contribution in [-0.4, -0.2) is 30.0 Å². The Morgan fingerprint density at radius 1 is 1.26 bits per heavy atom. The van der Waals surface area contributed by atoms with Gasteiger partial charge in [-0.1, -0.05) is 30.7 Å². The monoisotopic (exact) mass is 441 g/mol. The van der Waals surface area contributed by atoms with Crippen LogP contribution in [0, 0.1) is 12.3 Å². The lowest BCUT2D eigenvalue weighted by Crippen LogP contribution is -2.49. The number of methoxy groups -OCH3 is 1. The molecule has 7 heteroatoms. The minimum absolute atomic E-state index is 0.0172. The molecule has 1 heterocycles. The van der Waals surface area contributed by atoms with Gasteiger partial charge in [0, 0.05) is 22.8 Å². The normalized spacial score (nSPS) is 23.0. The van der Waals surface area contributed by atoms with Gasteiger partial charge in [-0.2, -0.15) is 0 Å². The van der Waals surface area contributed by atoms with E-state index in [0.717, 1.165) is 31.4 Å². The van der Waals surface area contributed by atoms with Gasteiger partial charge >= 0.3 is 6.03 Å². The number of anilines is 2. The first kappa shape index (κ1) is 21.5. The van der Waals surface area contributed by atoms with Gasteiger partial charge in [0.05, 0.1) is 18.7 Å². The van der Waals surface area contributed by atoms with Crippen LogP contribution in [0.5, 0.6) is 5.75 Å². The number of halogens is 1. The van der Waals surface area contributed by atoms with Crippen molar-refractivity contribution in [3.63, 3.8) is 0 Å². The summed E-state index contributed by atoms with van der Waals surface area (Å²) in [5.74, 6) is 0.555. The summed E-state index contributed by atoms with van der Waals surface area (Å²) in [6.07, 6.45) is 3.03. The summed E-state index contributed by atoms with van der Waals surface area (Å²) in [5, 5.41) is 6.48. The van der Waals surface area contributed by atoms with Crippen LogP contribution in [0.4, 0.5) is 16.2 Å². The second kappa shape index (κ2) is 8.42. The van der Waals surface area contributed by atoms with Crippen LogP contribution in [0.1, 0.15) is 43.7 Å². The van der Waals surface area contributed by atoms with Gasteiger partial charge in [-0.25, -0.2) is 4.79 Å². The molecule has 0 saturated heterocycles. The third-order valence-electron chi connectivity index (χ3n) is 6.70. The number of rotatable bonds is 4. The fourth-order valence-corrected chi connectivity index (χ4v) is 4.82. The van der Waals surface area contributed by atoms with Crippen LogP contribution in [0.3, 0.4) is 0 Å². The lowest BCUT2D eigenvalue weighted by atomic mass is 9.72. The maximum Gasteiger partial charge on any atom is 0.322 e. The highest BCUT2D eigenvalue weighted by atomic mass is 35.5. The van der Waals surface area contributed by atoms with Gasteiger partial charge in [0.1, 0.15) is 5.75 Å². The Morgan fingerprint density at radius 3 is 2.68 bits per heavy atom. The molecule has 0 radical (unpaired) electrons. The molecule has 2 N–H and O–H groups in total. The molecule has 1 fully saturated rings. The number of benzene rings is 2. The Bertz CT molecular complexity index is 1020. The number of fused-ring (bicyclic) bond motifs is 1. The van der Waals surface area contributed by atoms with Crippen molar-refractivity contribution in [3.8, 4) is 5.75 Å². The summed E-state index contributed by atoms with van der Waals surface area (Å²) >= 11 is 6.18. The average Bonchev–Trinajstić information content (AvgIpc) is 2.74. The molecule has 0 atom stereocenters. The summed E-state index contributed by atoms with van der Waals surface area (Å²) in [4.78, 5) is 27.7. The van der Waals surface area contributed by atoms with Crippen molar-refractivity contribution < 1.29 is 14.3 Å². The van der Waals surface area contributed by atoms with Crippen LogP contribution in [0.25, 0.3) is 0 Å². The van der Waals surface area contributed by atoms with Gasteiger partial charge in [0.15, 0.2) is 0 Å². The van der Waals surface area contributed by atoms with Crippen LogP contribution in [-0.2, 0) is 11.3 Å². The van der Waals surface area contributed by atoms with Crippen molar-refractivity contribution in [2.45, 2.75) is 52.1 Å². The largest absolute Gasteiger partial charge is 0.495 e. The molecule has 4 rings (SSSR count). The second-order valence-electron chi connectivity index (χ2n) is 8.75. The highest BCUT2D eigenvalue weighted by Gasteiger charge is 2.41. The minimum atomic E-state index is -0.483. The van der Waals surface area contributed by atoms with E-state index in [1.807, 2.05) is 24.0 Å². The fourth-order valence-electron chi connectivity index (χ4n) is 4.56. The summed E-state index contributed by atoms with van der Waals surface area (Å²) in [6, 6.07) is 11.3. The lowest BCUT2D eigenvalue weighted by Gasteiger charge is -2.42. The standard InChI is InChI=1S/C24H28ClN3O3/c1-15-5-4-6-20-18(15)14-28(23(30)27-20)17-9-11-24(2,12-10-17)22(29)26-16-7-8-21(31-3)19(25)13-16/h4-8,13,17H,9-12,14H2,1-3H3,(H,26,29)(H,27,30). The molecule has 0 bridgehead atoms. The zero-order chi connectivity index (χ0) is 22.2. The quantitative estimate of drug-likeness (QED) is 0.649. The van der Waals surface area contributed by atoms with E-state index in [1.54, 1.807) is 25.3 Å². The van der Waals surface area contributed by atoms with Gasteiger partial charge in [0.25, 0.3) is 0 Å². The van der Waals surface area contributed by atoms with E-state index in [2.05, 4.69) is 23.6 Å². The van der Waals surface area contributed by atoms with E-state index in [0.29, 0.717) is 23.0 Å². The van der Waals surface area contributed by atoms with Gasteiger partial charge in [-0.3, -0.25) is 4.79 Å². The molecule has 164 valence electrons. The van der Waals surface area contributed by atoms with Gasteiger partial charge in [-0.15, -0.1) is 0 Å². The molecule has 0 aromatic heterocycles. The Labute approximate surface area is 187 Å². The van der Waals surface area contributed by atoms with E-state index >= 15 is 0 Å². The number of hydrogen-bond acceptors (Lipinski definition) is 3. The minimum Gasteiger partial charge on any atom is -0.495 e. The molecular weight excluding hydrogens is 414 g/mol. The summed E-state index contributed by atoms with van der Waals surface area (Å²) in [5.41, 5.74) is 3.43. The van der Waals surface area contributed by atoms with Crippen molar-refractivity contribution in [1.29, 1.82) is 0 Å². The van der Waals surface area contributed by atoms with E-state index in [4.69, 9.17) is 16.3 Å². The number of amides is 3. The molecule has 2 aliphatic rings. The molecule has 0 spiro atoms. The fraction of sp³-hybridized carbons (Fsp3) is 0.417. The number of hydrogen-bond donors (Lipinski definition) is 2. The van der Waals surface area contributed by atoms with Gasteiger partial charge in [-0.05, 0) is 68.0 Å². The van der Waals surface area contributed by atoms with Crippen LogP contribution < -0.4 is 15.4 Å². The molecule has 1 aliphatic carbocycles. The Morgan fingerprint density at radius 2 is 2.00 bits per heavy atom. The second-order valence-corrected chi connectivity index (χ2v) is 9.16. The van der Waals surface area contributed by atoms with Crippen LogP contribution in [0.2, 0.25) is 5.02 Å². The third kappa shape index (κ3) is 4.22. The molecule has 2 aromatic carbocycles. The van der Waals surface area contributed by atoms with E-state index in [9.17, 15) is 9.59 Å². The van der Waals surface area contributed by atoms with Crippen molar-refractivity contribution >= 4 is 34.9 Å². The molecule has 1 aliphatic heterocycles.